The number of sulfonamides is 1. The third-order valence-corrected chi connectivity index (χ3v) is 3.92. The van der Waals surface area contributed by atoms with Crippen LogP contribution in [0.2, 0.25) is 0 Å². The van der Waals surface area contributed by atoms with Gasteiger partial charge in [0.2, 0.25) is 0 Å². The Morgan fingerprint density at radius 2 is 1.36 bits per heavy atom. The van der Waals surface area contributed by atoms with Crippen molar-refractivity contribution in [3.63, 3.8) is 0 Å². The average molecular weight is 319 g/mol. The summed E-state index contributed by atoms with van der Waals surface area (Å²) in [6.07, 6.45) is 1.52. The molecular weight excluding hydrogens is 302 g/mol. The molecule has 0 aromatic heterocycles. The topological polar surface area (TPSA) is 64.6 Å². The largest absolute Gasteiger partial charge is 0.497 e. The summed E-state index contributed by atoms with van der Waals surface area (Å²) in [6.45, 7) is 0. The first-order valence-corrected chi connectivity index (χ1v) is 8.06. The predicted octanol–water partition coefficient (Wildman–Crippen LogP) is 3.12. The number of hydrogen-bond acceptors (Lipinski definition) is 4. The van der Waals surface area contributed by atoms with E-state index in [2.05, 4.69) is 4.72 Å². The summed E-state index contributed by atoms with van der Waals surface area (Å²) in [7, 11) is -0.441. The quantitative estimate of drug-likeness (QED) is 0.888. The number of hydrogen-bond donors (Lipinski definition) is 1. The van der Waals surface area contributed by atoms with Crippen LogP contribution in [0.25, 0.3) is 6.08 Å². The van der Waals surface area contributed by atoms with Crippen molar-refractivity contribution >= 4 is 21.8 Å². The smallest absolute Gasteiger partial charge is 0.255 e. The molecule has 22 heavy (non-hydrogen) atoms. The molecule has 2 aromatic carbocycles. The van der Waals surface area contributed by atoms with Crippen LogP contribution in [-0.4, -0.2) is 22.6 Å². The Balaban J connectivity index is 2.07. The Bertz CT molecular complexity index is 735. The second-order valence-electron chi connectivity index (χ2n) is 4.45. The zero-order chi connectivity index (χ0) is 16.0. The maximum absolute atomic E-state index is 12.0. The average Bonchev–Trinajstić information content (AvgIpc) is 2.54. The van der Waals surface area contributed by atoms with E-state index in [4.69, 9.17) is 9.47 Å². The Kier molecular flexibility index (Phi) is 5.06. The first-order valence-electron chi connectivity index (χ1n) is 6.51. The van der Waals surface area contributed by atoms with Gasteiger partial charge in [-0.2, -0.15) is 0 Å². The van der Waals surface area contributed by atoms with Gasteiger partial charge in [0.25, 0.3) is 10.0 Å². The standard InChI is InChI=1S/C16H17NO4S/c1-20-15-7-3-13(4-8-15)11-12-22(18,19)17-14-5-9-16(21-2)10-6-14/h3-12,17H,1-2H3/b12-11+. The van der Waals surface area contributed by atoms with E-state index in [9.17, 15) is 8.42 Å². The second kappa shape index (κ2) is 7.00. The number of nitrogens with one attached hydrogen (secondary N) is 1. The monoisotopic (exact) mass is 319 g/mol. The molecule has 116 valence electrons. The van der Waals surface area contributed by atoms with Gasteiger partial charge in [-0.1, -0.05) is 12.1 Å². The zero-order valence-electron chi connectivity index (χ0n) is 12.3. The predicted molar refractivity (Wildman–Crippen MR) is 87.6 cm³/mol. The molecule has 0 aliphatic rings. The highest BCUT2D eigenvalue weighted by molar-refractivity contribution is 7.95. The van der Waals surface area contributed by atoms with Crippen molar-refractivity contribution in [3.8, 4) is 11.5 Å². The molecule has 5 nitrogen and oxygen atoms in total. The van der Waals surface area contributed by atoms with Crippen molar-refractivity contribution in [2.24, 2.45) is 0 Å². The van der Waals surface area contributed by atoms with Gasteiger partial charge < -0.3 is 9.47 Å². The van der Waals surface area contributed by atoms with Gasteiger partial charge >= 0.3 is 0 Å². The van der Waals surface area contributed by atoms with Crippen LogP contribution < -0.4 is 14.2 Å². The molecular formula is C16H17NO4S. The molecule has 2 aromatic rings. The lowest BCUT2D eigenvalue weighted by atomic mass is 10.2. The highest BCUT2D eigenvalue weighted by Gasteiger charge is 2.05. The molecule has 0 radical (unpaired) electrons. The maximum atomic E-state index is 12.0. The van der Waals surface area contributed by atoms with Crippen molar-refractivity contribution in [1.29, 1.82) is 0 Å². The number of benzene rings is 2. The molecule has 0 bridgehead atoms. The fraction of sp³-hybridized carbons (Fsp3) is 0.125. The Hall–Kier alpha value is -2.47. The van der Waals surface area contributed by atoms with E-state index in [0.717, 1.165) is 16.7 Å². The molecule has 0 heterocycles. The van der Waals surface area contributed by atoms with Gasteiger partial charge in [0, 0.05) is 5.69 Å². The zero-order valence-corrected chi connectivity index (χ0v) is 13.1. The lowest BCUT2D eigenvalue weighted by Crippen LogP contribution is -2.08. The Labute approximate surface area is 130 Å². The molecule has 0 fully saturated rings. The van der Waals surface area contributed by atoms with Gasteiger partial charge in [0.15, 0.2) is 0 Å². The number of ether oxygens (including phenoxy) is 2. The van der Waals surface area contributed by atoms with Gasteiger partial charge in [-0.3, -0.25) is 4.72 Å². The lowest BCUT2D eigenvalue weighted by molar-refractivity contribution is 0.414. The van der Waals surface area contributed by atoms with Crippen LogP contribution in [-0.2, 0) is 10.0 Å². The molecule has 0 saturated heterocycles. The van der Waals surface area contributed by atoms with Crippen LogP contribution in [0.15, 0.2) is 53.9 Å². The van der Waals surface area contributed by atoms with Crippen molar-refractivity contribution in [3.05, 3.63) is 59.5 Å². The fourth-order valence-corrected chi connectivity index (χ4v) is 2.61. The summed E-state index contributed by atoms with van der Waals surface area (Å²) in [5, 5.41) is 1.12. The van der Waals surface area contributed by atoms with Crippen molar-refractivity contribution in [2.45, 2.75) is 0 Å². The van der Waals surface area contributed by atoms with Crippen LogP contribution in [0, 0.1) is 0 Å². The summed E-state index contributed by atoms with van der Waals surface area (Å²) in [4.78, 5) is 0. The molecule has 1 N–H and O–H groups in total. The van der Waals surface area contributed by atoms with Gasteiger partial charge in [-0.25, -0.2) is 8.42 Å². The maximum Gasteiger partial charge on any atom is 0.255 e. The van der Waals surface area contributed by atoms with Gasteiger partial charge in [-0.15, -0.1) is 0 Å². The Morgan fingerprint density at radius 3 is 1.86 bits per heavy atom. The van der Waals surface area contributed by atoms with E-state index < -0.39 is 10.0 Å². The van der Waals surface area contributed by atoms with E-state index in [-0.39, 0.29) is 0 Å². The summed E-state index contributed by atoms with van der Waals surface area (Å²) in [6, 6.07) is 13.7. The van der Waals surface area contributed by atoms with Gasteiger partial charge in [-0.05, 0) is 48.0 Å². The first kappa shape index (κ1) is 15.9. The minimum absolute atomic E-state index is 0.472. The summed E-state index contributed by atoms with van der Waals surface area (Å²) >= 11 is 0. The molecule has 0 atom stereocenters. The van der Waals surface area contributed by atoms with Crippen molar-refractivity contribution < 1.29 is 17.9 Å². The van der Waals surface area contributed by atoms with E-state index in [1.165, 1.54) is 6.08 Å². The third-order valence-electron chi connectivity index (χ3n) is 2.91. The normalized spacial score (nSPS) is 11.4. The first-order chi connectivity index (χ1) is 10.5. The molecule has 0 aliphatic heterocycles. The molecule has 0 spiro atoms. The molecule has 6 heteroatoms. The van der Waals surface area contributed by atoms with Gasteiger partial charge in [0.1, 0.15) is 11.5 Å². The third kappa shape index (κ3) is 4.53. The van der Waals surface area contributed by atoms with Crippen LogP contribution in [0.5, 0.6) is 11.5 Å². The highest BCUT2D eigenvalue weighted by Crippen LogP contribution is 2.17. The highest BCUT2D eigenvalue weighted by atomic mass is 32.2. The number of anilines is 1. The van der Waals surface area contributed by atoms with Crippen LogP contribution in [0.4, 0.5) is 5.69 Å². The van der Waals surface area contributed by atoms with Gasteiger partial charge in [0.05, 0.1) is 19.6 Å². The lowest BCUT2D eigenvalue weighted by Gasteiger charge is -2.05. The molecule has 0 unspecified atom stereocenters. The minimum Gasteiger partial charge on any atom is -0.497 e. The van der Waals surface area contributed by atoms with Crippen LogP contribution in [0.3, 0.4) is 0 Å². The summed E-state index contributed by atoms with van der Waals surface area (Å²) < 4.78 is 36.5. The van der Waals surface area contributed by atoms with E-state index >= 15 is 0 Å². The van der Waals surface area contributed by atoms with Crippen molar-refractivity contribution in [2.75, 3.05) is 18.9 Å². The molecule has 0 amide bonds. The number of methoxy groups -OCH3 is 2. The van der Waals surface area contributed by atoms with Crippen LogP contribution in [0.1, 0.15) is 5.56 Å². The van der Waals surface area contributed by atoms with Crippen LogP contribution >= 0.6 is 0 Å². The minimum atomic E-state index is -3.57. The SMILES string of the molecule is COc1ccc(/C=C/S(=O)(=O)Nc2ccc(OC)cc2)cc1. The summed E-state index contributed by atoms with van der Waals surface area (Å²) in [5.74, 6) is 1.38. The fourth-order valence-electron chi connectivity index (χ4n) is 1.74. The second-order valence-corrected chi connectivity index (χ2v) is 6.02. The number of rotatable bonds is 6. The van der Waals surface area contributed by atoms with Crippen molar-refractivity contribution in [1.82, 2.24) is 0 Å². The molecule has 0 aliphatic carbocycles. The van der Waals surface area contributed by atoms with E-state index in [1.54, 1.807) is 62.8 Å². The Morgan fingerprint density at radius 1 is 0.864 bits per heavy atom. The molecule has 2 rings (SSSR count). The summed E-state index contributed by atoms with van der Waals surface area (Å²) in [5.41, 5.74) is 1.24. The van der Waals surface area contributed by atoms with E-state index in [0.29, 0.717) is 11.4 Å². The van der Waals surface area contributed by atoms with E-state index in [1.807, 2.05) is 0 Å². The molecule has 0 saturated carbocycles.